The molecule has 7 nitrogen and oxygen atoms in total. The van der Waals surface area contributed by atoms with Crippen LogP contribution in [0.3, 0.4) is 0 Å². The van der Waals surface area contributed by atoms with Crippen molar-refractivity contribution in [2.24, 2.45) is 17.8 Å². The molecule has 30 heavy (non-hydrogen) atoms. The highest BCUT2D eigenvalue weighted by atomic mass is 16.6. The van der Waals surface area contributed by atoms with E-state index in [0.717, 1.165) is 30.4 Å². The lowest BCUT2D eigenvalue weighted by Gasteiger charge is -2.32. The number of hydrogen-bond acceptors (Lipinski definition) is 6. The number of aliphatic hydroxyl groups is 2. The summed E-state index contributed by atoms with van der Waals surface area (Å²) in [6.07, 6.45) is 2.62. The number of hydrogen-bond donors (Lipinski definition) is 3. The van der Waals surface area contributed by atoms with Crippen molar-refractivity contribution >= 4 is 11.9 Å². The van der Waals surface area contributed by atoms with Gasteiger partial charge in [0.25, 0.3) is 0 Å². The predicted molar refractivity (Wildman–Crippen MR) is 109 cm³/mol. The Hall–Kier alpha value is -2.12. The van der Waals surface area contributed by atoms with Crippen LogP contribution in [0.5, 0.6) is 5.75 Å². The topological polar surface area (TPSA) is 113 Å². The van der Waals surface area contributed by atoms with E-state index in [9.17, 15) is 19.8 Å². The van der Waals surface area contributed by atoms with Crippen LogP contribution in [0.1, 0.15) is 50.7 Å². The zero-order valence-corrected chi connectivity index (χ0v) is 17.6. The van der Waals surface area contributed by atoms with Gasteiger partial charge >= 0.3 is 11.9 Å². The summed E-state index contributed by atoms with van der Waals surface area (Å²) >= 11 is 0. The molecule has 3 rings (SSSR count). The number of aliphatic carboxylic acids is 1. The Bertz CT molecular complexity index is 760. The lowest BCUT2D eigenvalue weighted by molar-refractivity contribution is -0.158. The fraction of sp³-hybridized carbons (Fsp3) is 0.652. The molecule has 3 N–H and O–H groups in total. The maximum Gasteiger partial charge on any atom is 0.341 e. The number of carbonyl (C=O) groups excluding carboxylic acids is 1. The molecule has 0 bridgehead atoms. The van der Waals surface area contributed by atoms with E-state index in [4.69, 9.17) is 14.6 Å². The summed E-state index contributed by atoms with van der Waals surface area (Å²) in [6, 6.07) is 5.76. The first kappa shape index (κ1) is 22.6. The van der Waals surface area contributed by atoms with Crippen LogP contribution >= 0.6 is 0 Å². The van der Waals surface area contributed by atoms with Gasteiger partial charge in [0.1, 0.15) is 18.0 Å². The van der Waals surface area contributed by atoms with E-state index in [1.165, 1.54) is 6.92 Å². The number of carboxylic acid groups (broad SMARTS) is 1. The van der Waals surface area contributed by atoms with E-state index >= 15 is 0 Å². The standard InChI is InChI=1S/C23H32O7/c1-3-16(30-23(28)13(2)24)7-8-17-18-9-14-5-4-6-21(29-12-22(26)27)19(14)10-15(18)11-20(17)25/h4-6,13,15-18,20,24-25H,3,7-12H2,1-2H3,(H,26,27)/t13-,15+,16+,17-,18+,20-/m1/s1. The van der Waals surface area contributed by atoms with Crippen molar-refractivity contribution in [1.29, 1.82) is 0 Å². The molecule has 0 heterocycles. The second kappa shape index (κ2) is 9.79. The minimum Gasteiger partial charge on any atom is -0.482 e. The van der Waals surface area contributed by atoms with Crippen LogP contribution in [0.4, 0.5) is 0 Å². The molecule has 0 unspecified atom stereocenters. The smallest absolute Gasteiger partial charge is 0.341 e. The molecule has 166 valence electrons. The van der Waals surface area contributed by atoms with Gasteiger partial charge in [-0.3, -0.25) is 0 Å². The predicted octanol–water partition coefficient (Wildman–Crippen LogP) is 2.34. The summed E-state index contributed by atoms with van der Waals surface area (Å²) in [7, 11) is 0. The summed E-state index contributed by atoms with van der Waals surface area (Å²) in [4.78, 5) is 22.6. The van der Waals surface area contributed by atoms with Crippen molar-refractivity contribution in [1.82, 2.24) is 0 Å². The molecule has 0 saturated heterocycles. The van der Waals surface area contributed by atoms with E-state index in [1.54, 1.807) is 0 Å². The third-order valence-electron chi connectivity index (χ3n) is 6.60. The van der Waals surface area contributed by atoms with Crippen LogP contribution in [0.25, 0.3) is 0 Å². The number of esters is 1. The molecule has 0 spiro atoms. The third kappa shape index (κ3) is 5.13. The second-order valence-corrected chi connectivity index (χ2v) is 8.60. The SMILES string of the molecule is CC[C@@H](CC[C@@H]1[C@H]2Cc3cccc(OCC(=O)O)c3C[C@H]2C[C@H]1O)OC(=O)[C@@H](C)O. The fourth-order valence-corrected chi connectivity index (χ4v) is 5.07. The van der Waals surface area contributed by atoms with E-state index in [0.29, 0.717) is 36.8 Å². The van der Waals surface area contributed by atoms with Crippen LogP contribution in [0, 0.1) is 17.8 Å². The quantitative estimate of drug-likeness (QED) is 0.526. The monoisotopic (exact) mass is 420 g/mol. The summed E-state index contributed by atoms with van der Waals surface area (Å²) in [5.74, 6) is -0.181. The largest absolute Gasteiger partial charge is 0.482 e. The number of carboxylic acids is 1. The molecular formula is C23H32O7. The van der Waals surface area contributed by atoms with Gasteiger partial charge < -0.3 is 24.8 Å². The molecule has 2 aliphatic rings. The Morgan fingerprint density at radius 3 is 2.70 bits per heavy atom. The van der Waals surface area contributed by atoms with Gasteiger partial charge in [0.05, 0.1) is 6.10 Å². The van der Waals surface area contributed by atoms with Crippen LogP contribution in [0.15, 0.2) is 18.2 Å². The fourth-order valence-electron chi connectivity index (χ4n) is 5.07. The first-order valence-electron chi connectivity index (χ1n) is 10.8. The highest BCUT2D eigenvalue weighted by Gasteiger charge is 2.45. The van der Waals surface area contributed by atoms with Crippen LogP contribution in [-0.2, 0) is 27.2 Å². The highest BCUT2D eigenvalue weighted by molar-refractivity contribution is 5.74. The average molecular weight is 421 g/mol. The molecule has 1 aromatic carbocycles. The number of ether oxygens (including phenoxy) is 2. The first-order chi connectivity index (χ1) is 14.3. The van der Waals surface area contributed by atoms with Gasteiger partial charge in [-0.15, -0.1) is 0 Å². The molecule has 7 heteroatoms. The lowest BCUT2D eigenvalue weighted by atomic mass is 9.73. The third-order valence-corrected chi connectivity index (χ3v) is 6.60. The molecule has 6 atom stereocenters. The molecular weight excluding hydrogens is 388 g/mol. The molecule has 1 aromatic rings. The van der Waals surface area contributed by atoms with Gasteiger partial charge in [-0.25, -0.2) is 9.59 Å². The van der Waals surface area contributed by atoms with E-state index < -0.39 is 24.1 Å². The summed E-state index contributed by atoms with van der Waals surface area (Å²) in [5, 5.41) is 29.0. The number of fused-ring (bicyclic) bond motifs is 2. The average Bonchev–Trinajstić information content (AvgIpc) is 3.01. The molecule has 0 amide bonds. The summed E-state index contributed by atoms with van der Waals surface area (Å²) < 4.78 is 10.9. The second-order valence-electron chi connectivity index (χ2n) is 8.60. The maximum atomic E-state index is 11.7. The van der Waals surface area contributed by atoms with Gasteiger partial charge in [-0.2, -0.15) is 0 Å². The Balaban J connectivity index is 1.66. The molecule has 2 aliphatic carbocycles. The van der Waals surface area contributed by atoms with Gasteiger partial charge in [0.2, 0.25) is 0 Å². The lowest BCUT2D eigenvalue weighted by Crippen LogP contribution is -2.30. The molecule has 1 fully saturated rings. The Morgan fingerprint density at radius 1 is 1.27 bits per heavy atom. The number of carbonyl (C=O) groups is 2. The number of benzene rings is 1. The van der Waals surface area contributed by atoms with Crippen LogP contribution in [0.2, 0.25) is 0 Å². The van der Waals surface area contributed by atoms with Gasteiger partial charge in [0.15, 0.2) is 6.61 Å². The Labute approximate surface area is 177 Å². The zero-order chi connectivity index (χ0) is 21.8. The minimum absolute atomic E-state index is 0.131. The van der Waals surface area contributed by atoms with Crippen molar-refractivity contribution < 1.29 is 34.4 Å². The van der Waals surface area contributed by atoms with Crippen molar-refractivity contribution in [3.63, 3.8) is 0 Å². The Morgan fingerprint density at radius 2 is 2.03 bits per heavy atom. The zero-order valence-electron chi connectivity index (χ0n) is 17.6. The van der Waals surface area contributed by atoms with Crippen molar-refractivity contribution in [2.45, 2.75) is 70.7 Å². The molecule has 0 aromatic heterocycles. The first-order valence-corrected chi connectivity index (χ1v) is 10.8. The van der Waals surface area contributed by atoms with E-state index in [2.05, 4.69) is 6.07 Å². The van der Waals surface area contributed by atoms with Crippen LogP contribution < -0.4 is 4.74 Å². The van der Waals surface area contributed by atoms with Crippen molar-refractivity contribution in [3.8, 4) is 5.75 Å². The van der Waals surface area contributed by atoms with Crippen LogP contribution in [-0.4, -0.2) is 52.2 Å². The van der Waals surface area contributed by atoms with Gasteiger partial charge in [0, 0.05) is 0 Å². The van der Waals surface area contributed by atoms with Gasteiger partial charge in [-0.1, -0.05) is 19.1 Å². The molecule has 1 saturated carbocycles. The Kier molecular flexibility index (Phi) is 7.36. The van der Waals surface area contributed by atoms with E-state index in [-0.39, 0.29) is 18.6 Å². The summed E-state index contributed by atoms with van der Waals surface area (Å²) in [5.41, 5.74) is 2.22. The van der Waals surface area contributed by atoms with Gasteiger partial charge in [-0.05, 0) is 80.4 Å². The molecule has 0 radical (unpaired) electrons. The normalized spacial score (nSPS) is 26.9. The van der Waals surface area contributed by atoms with Crippen molar-refractivity contribution in [2.75, 3.05) is 6.61 Å². The minimum atomic E-state index is -1.13. The maximum absolute atomic E-state index is 11.7. The number of aliphatic hydroxyl groups excluding tert-OH is 2. The highest BCUT2D eigenvalue weighted by Crippen LogP contribution is 2.48. The van der Waals surface area contributed by atoms with Crippen molar-refractivity contribution in [3.05, 3.63) is 29.3 Å². The molecule has 0 aliphatic heterocycles. The summed E-state index contributed by atoms with van der Waals surface area (Å²) in [6.45, 7) is 2.98. The number of rotatable bonds is 9. The van der Waals surface area contributed by atoms with E-state index in [1.807, 2.05) is 19.1 Å².